The fourth-order valence-electron chi connectivity index (χ4n) is 3.21. The van der Waals surface area contributed by atoms with Crippen molar-refractivity contribution in [2.45, 2.75) is 12.5 Å². The van der Waals surface area contributed by atoms with Gasteiger partial charge in [-0.3, -0.25) is 9.59 Å². The van der Waals surface area contributed by atoms with E-state index in [1.165, 1.54) is 0 Å². The second kappa shape index (κ2) is 9.13. The van der Waals surface area contributed by atoms with Crippen LogP contribution in [0.2, 0.25) is 0 Å². The molecule has 0 fully saturated rings. The van der Waals surface area contributed by atoms with Crippen molar-refractivity contribution in [2.24, 2.45) is 0 Å². The third kappa shape index (κ3) is 4.60. The minimum atomic E-state index is -0.797. The van der Waals surface area contributed by atoms with Gasteiger partial charge in [-0.25, -0.2) is 0 Å². The van der Waals surface area contributed by atoms with Crippen LogP contribution in [0.25, 0.3) is 0 Å². The summed E-state index contributed by atoms with van der Waals surface area (Å²) in [6.07, 6.45) is -0.0672. The van der Waals surface area contributed by atoms with Crippen molar-refractivity contribution >= 4 is 17.5 Å². The summed E-state index contributed by atoms with van der Waals surface area (Å²) in [5.41, 5.74) is 1.98. The fraction of sp³-hybridized carbons (Fsp3) is 0.167. The van der Waals surface area contributed by atoms with E-state index in [2.05, 4.69) is 10.6 Å². The monoisotopic (exact) mass is 402 g/mol. The van der Waals surface area contributed by atoms with Gasteiger partial charge in [-0.05, 0) is 36.2 Å². The highest BCUT2D eigenvalue weighted by Gasteiger charge is 2.28. The minimum Gasteiger partial charge on any atom is -0.485 e. The van der Waals surface area contributed by atoms with Gasteiger partial charge in [-0.15, -0.1) is 0 Å². The number of anilines is 1. The molecule has 152 valence electrons. The molecule has 1 atom stereocenters. The van der Waals surface area contributed by atoms with E-state index in [0.29, 0.717) is 29.3 Å². The Hall–Kier alpha value is -3.80. The first-order valence-corrected chi connectivity index (χ1v) is 9.81. The molecule has 6 heteroatoms. The molecule has 6 nitrogen and oxygen atoms in total. The first-order chi connectivity index (χ1) is 14.7. The number of benzene rings is 3. The molecule has 1 heterocycles. The lowest BCUT2D eigenvalue weighted by atomic mass is 10.1. The van der Waals surface area contributed by atoms with Gasteiger partial charge in [0.15, 0.2) is 11.5 Å². The Morgan fingerprint density at radius 2 is 1.57 bits per heavy atom. The summed E-state index contributed by atoms with van der Waals surface area (Å²) in [6.45, 7) is 0.607. The van der Waals surface area contributed by atoms with Crippen molar-refractivity contribution in [2.75, 3.05) is 18.5 Å². The van der Waals surface area contributed by atoms with Gasteiger partial charge in [-0.1, -0.05) is 54.6 Å². The maximum Gasteiger partial charge on any atom is 0.269 e. The van der Waals surface area contributed by atoms with Gasteiger partial charge in [0.05, 0.1) is 11.3 Å². The molecule has 0 unspecified atom stereocenters. The molecule has 0 saturated carbocycles. The highest BCUT2D eigenvalue weighted by molar-refractivity contribution is 6.04. The van der Waals surface area contributed by atoms with E-state index < -0.39 is 6.10 Å². The third-order valence-corrected chi connectivity index (χ3v) is 4.77. The zero-order valence-corrected chi connectivity index (χ0v) is 16.3. The number of hydrogen-bond acceptors (Lipinski definition) is 4. The van der Waals surface area contributed by atoms with Crippen LogP contribution >= 0.6 is 0 Å². The van der Waals surface area contributed by atoms with Gasteiger partial charge in [0.25, 0.3) is 11.8 Å². The Labute approximate surface area is 174 Å². The largest absolute Gasteiger partial charge is 0.485 e. The quantitative estimate of drug-likeness (QED) is 0.662. The number of fused-ring (bicyclic) bond motifs is 1. The van der Waals surface area contributed by atoms with Crippen molar-refractivity contribution in [1.29, 1.82) is 0 Å². The molecular weight excluding hydrogens is 380 g/mol. The lowest BCUT2D eigenvalue weighted by Gasteiger charge is -2.25. The van der Waals surface area contributed by atoms with Crippen LogP contribution < -0.4 is 20.1 Å². The average Bonchev–Trinajstić information content (AvgIpc) is 2.79. The summed E-state index contributed by atoms with van der Waals surface area (Å²) >= 11 is 0. The summed E-state index contributed by atoms with van der Waals surface area (Å²) in [7, 11) is 0. The maximum atomic E-state index is 12.7. The first kappa shape index (κ1) is 19.5. The second-order valence-corrected chi connectivity index (χ2v) is 6.89. The van der Waals surface area contributed by atoms with Gasteiger partial charge >= 0.3 is 0 Å². The summed E-state index contributed by atoms with van der Waals surface area (Å²) < 4.78 is 11.3. The van der Waals surface area contributed by atoms with Gasteiger partial charge in [0, 0.05) is 6.54 Å². The molecule has 2 amide bonds. The zero-order chi connectivity index (χ0) is 20.8. The maximum absolute atomic E-state index is 12.7. The summed E-state index contributed by atoms with van der Waals surface area (Å²) in [5.74, 6) is 0.526. The topological polar surface area (TPSA) is 76.7 Å². The number of nitrogens with one attached hydrogen (secondary N) is 2. The van der Waals surface area contributed by atoms with E-state index in [1.54, 1.807) is 36.4 Å². The standard InChI is InChI=1S/C24H22N2O4/c27-23(25-15-14-17-8-2-1-3-9-17)18-10-4-5-11-19(18)26-24(28)22-16-29-20-12-6-7-13-21(20)30-22/h1-13,22H,14-16H2,(H,25,27)(H,26,28)/t22-/m0/s1. The molecule has 0 saturated heterocycles. The molecule has 0 bridgehead atoms. The van der Waals surface area contributed by atoms with Crippen molar-refractivity contribution in [3.05, 3.63) is 90.0 Å². The van der Waals surface area contributed by atoms with E-state index in [9.17, 15) is 9.59 Å². The number of carbonyl (C=O) groups is 2. The highest BCUT2D eigenvalue weighted by Crippen LogP contribution is 2.31. The van der Waals surface area contributed by atoms with Crippen LogP contribution in [0.1, 0.15) is 15.9 Å². The van der Waals surface area contributed by atoms with E-state index in [1.807, 2.05) is 42.5 Å². The molecule has 1 aliphatic rings. The lowest BCUT2D eigenvalue weighted by Crippen LogP contribution is -2.40. The molecule has 0 radical (unpaired) electrons. The smallest absolute Gasteiger partial charge is 0.269 e. The van der Waals surface area contributed by atoms with Crippen LogP contribution in [0.3, 0.4) is 0 Å². The highest BCUT2D eigenvalue weighted by atomic mass is 16.6. The molecule has 2 N–H and O–H groups in total. The van der Waals surface area contributed by atoms with Crippen molar-refractivity contribution in [3.8, 4) is 11.5 Å². The average molecular weight is 402 g/mol. The predicted octanol–water partition coefficient (Wildman–Crippen LogP) is 3.44. The summed E-state index contributed by atoms with van der Waals surface area (Å²) in [5, 5.41) is 5.70. The van der Waals surface area contributed by atoms with Gasteiger partial charge in [0.2, 0.25) is 6.10 Å². The van der Waals surface area contributed by atoms with E-state index in [-0.39, 0.29) is 18.4 Å². The Balaban J connectivity index is 1.38. The third-order valence-electron chi connectivity index (χ3n) is 4.77. The first-order valence-electron chi connectivity index (χ1n) is 9.81. The van der Waals surface area contributed by atoms with Crippen LogP contribution in [0.4, 0.5) is 5.69 Å². The van der Waals surface area contributed by atoms with E-state index in [4.69, 9.17) is 9.47 Å². The number of ether oxygens (including phenoxy) is 2. The molecule has 3 aromatic rings. The van der Waals surface area contributed by atoms with Crippen molar-refractivity contribution < 1.29 is 19.1 Å². The Bertz CT molecular complexity index is 1040. The number of hydrogen-bond donors (Lipinski definition) is 2. The second-order valence-electron chi connectivity index (χ2n) is 6.89. The number of rotatable bonds is 6. The Kier molecular flexibility index (Phi) is 5.94. The molecule has 4 rings (SSSR count). The number of amides is 2. The normalized spacial score (nSPS) is 14.6. The van der Waals surface area contributed by atoms with Crippen molar-refractivity contribution in [3.63, 3.8) is 0 Å². The van der Waals surface area contributed by atoms with Gasteiger partial charge < -0.3 is 20.1 Å². The Morgan fingerprint density at radius 1 is 0.867 bits per heavy atom. The summed E-state index contributed by atoms with van der Waals surface area (Å²) in [4.78, 5) is 25.4. The van der Waals surface area contributed by atoms with Crippen LogP contribution in [-0.2, 0) is 11.2 Å². The summed E-state index contributed by atoms with van der Waals surface area (Å²) in [6, 6.07) is 24.0. The Morgan fingerprint density at radius 3 is 2.40 bits per heavy atom. The number of carbonyl (C=O) groups excluding carboxylic acids is 2. The molecule has 1 aliphatic heterocycles. The number of para-hydroxylation sites is 3. The lowest BCUT2D eigenvalue weighted by molar-refractivity contribution is -0.125. The molecule has 0 aliphatic carbocycles. The van der Waals surface area contributed by atoms with Crippen LogP contribution in [0.15, 0.2) is 78.9 Å². The zero-order valence-electron chi connectivity index (χ0n) is 16.3. The molecule has 0 aromatic heterocycles. The minimum absolute atomic E-state index is 0.105. The van der Waals surface area contributed by atoms with Crippen LogP contribution in [0, 0.1) is 0 Å². The van der Waals surface area contributed by atoms with E-state index in [0.717, 1.165) is 12.0 Å². The predicted molar refractivity (Wildman–Crippen MR) is 114 cm³/mol. The SMILES string of the molecule is O=C(NCCc1ccccc1)c1ccccc1NC(=O)[C@@H]1COc2ccccc2O1. The van der Waals surface area contributed by atoms with Crippen LogP contribution in [0.5, 0.6) is 11.5 Å². The molecular formula is C24H22N2O4. The van der Waals surface area contributed by atoms with Gasteiger partial charge in [0.1, 0.15) is 6.61 Å². The van der Waals surface area contributed by atoms with Crippen molar-refractivity contribution in [1.82, 2.24) is 5.32 Å². The molecule has 0 spiro atoms. The van der Waals surface area contributed by atoms with E-state index >= 15 is 0 Å². The molecule has 30 heavy (non-hydrogen) atoms. The van der Waals surface area contributed by atoms with Crippen LogP contribution in [-0.4, -0.2) is 31.1 Å². The molecule has 3 aromatic carbocycles. The fourth-order valence-corrected chi connectivity index (χ4v) is 3.21. The van der Waals surface area contributed by atoms with Gasteiger partial charge in [-0.2, -0.15) is 0 Å².